The lowest BCUT2D eigenvalue weighted by Crippen LogP contribution is -2.43. The lowest BCUT2D eigenvalue weighted by Gasteiger charge is -2.25. The summed E-state index contributed by atoms with van der Waals surface area (Å²) in [6.45, 7) is 8.15. The molecule has 0 saturated carbocycles. The molecule has 0 aliphatic rings. The zero-order valence-electron chi connectivity index (χ0n) is 17.9. The Morgan fingerprint density at radius 2 is 2.14 bits per heavy atom. The summed E-state index contributed by atoms with van der Waals surface area (Å²) >= 11 is 0. The first kappa shape index (κ1) is 25.1. The van der Waals surface area contributed by atoms with E-state index in [2.05, 4.69) is 36.3 Å². The Hall–Kier alpha value is -1.91. The summed E-state index contributed by atoms with van der Waals surface area (Å²) < 4.78 is 21.0. The fourth-order valence-corrected chi connectivity index (χ4v) is 2.76. The van der Waals surface area contributed by atoms with Gasteiger partial charge in [-0.1, -0.05) is 19.9 Å². The standard InChI is InChI=1S/C20H31FN6O.HI/c1-6-15(3)24-20(22-10-11-27-14-23-25-19(27)7-2)26(4)13-16-8-9-18(28-5)17(21)12-16;/h8-9,12,14-15H,6-7,10-11,13H2,1-5H3,(H,22,24);1H. The van der Waals surface area contributed by atoms with Gasteiger partial charge in [-0.2, -0.15) is 0 Å². The van der Waals surface area contributed by atoms with Gasteiger partial charge < -0.3 is 19.5 Å². The molecule has 162 valence electrons. The minimum atomic E-state index is -0.360. The molecule has 9 heteroatoms. The first-order chi connectivity index (χ1) is 13.5. The Morgan fingerprint density at radius 1 is 1.38 bits per heavy atom. The van der Waals surface area contributed by atoms with Gasteiger partial charge in [0.05, 0.1) is 13.7 Å². The van der Waals surface area contributed by atoms with E-state index in [0.29, 0.717) is 19.6 Å². The van der Waals surface area contributed by atoms with Gasteiger partial charge in [-0.05, 0) is 31.0 Å². The van der Waals surface area contributed by atoms with Crippen molar-refractivity contribution >= 4 is 29.9 Å². The van der Waals surface area contributed by atoms with Crippen molar-refractivity contribution in [2.24, 2.45) is 4.99 Å². The molecule has 7 nitrogen and oxygen atoms in total. The minimum Gasteiger partial charge on any atom is -0.494 e. The van der Waals surface area contributed by atoms with Crippen LogP contribution in [0.15, 0.2) is 29.5 Å². The zero-order chi connectivity index (χ0) is 20.5. The number of benzene rings is 1. The zero-order valence-corrected chi connectivity index (χ0v) is 20.2. The number of nitrogens with zero attached hydrogens (tertiary/aromatic N) is 5. The van der Waals surface area contributed by atoms with Crippen molar-refractivity contribution in [2.45, 2.75) is 52.7 Å². The number of methoxy groups -OCH3 is 1. The second-order valence-electron chi connectivity index (χ2n) is 6.78. The van der Waals surface area contributed by atoms with Crippen LogP contribution in [0.25, 0.3) is 0 Å². The quantitative estimate of drug-likeness (QED) is 0.313. The molecule has 0 bridgehead atoms. The summed E-state index contributed by atoms with van der Waals surface area (Å²) in [4.78, 5) is 6.75. The molecule has 29 heavy (non-hydrogen) atoms. The average molecular weight is 518 g/mol. The van der Waals surface area contributed by atoms with Gasteiger partial charge in [0.15, 0.2) is 17.5 Å². The van der Waals surface area contributed by atoms with Crippen LogP contribution in [0.5, 0.6) is 5.75 Å². The van der Waals surface area contributed by atoms with Crippen molar-refractivity contribution in [3.8, 4) is 5.75 Å². The minimum absolute atomic E-state index is 0. The highest BCUT2D eigenvalue weighted by atomic mass is 127. The van der Waals surface area contributed by atoms with Crippen molar-refractivity contribution in [3.63, 3.8) is 0 Å². The number of rotatable bonds is 9. The van der Waals surface area contributed by atoms with Gasteiger partial charge in [-0.15, -0.1) is 34.2 Å². The van der Waals surface area contributed by atoms with Gasteiger partial charge in [-0.3, -0.25) is 4.99 Å². The van der Waals surface area contributed by atoms with E-state index in [4.69, 9.17) is 9.73 Å². The third kappa shape index (κ3) is 7.45. The predicted molar refractivity (Wildman–Crippen MR) is 124 cm³/mol. The van der Waals surface area contributed by atoms with Crippen LogP contribution in [0.4, 0.5) is 4.39 Å². The van der Waals surface area contributed by atoms with Crippen LogP contribution >= 0.6 is 24.0 Å². The highest BCUT2D eigenvalue weighted by Crippen LogP contribution is 2.18. The number of ether oxygens (including phenoxy) is 1. The Kier molecular flexibility index (Phi) is 10.9. The third-order valence-corrected chi connectivity index (χ3v) is 4.60. The number of nitrogens with one attached hydrogen (secondary N) is 1. The second kappa shape index (κ2) is 12.6. The van der Waals surface area contributed by atoms with Crippen LogP contribution in [0.2, 0.25) is 0 Å². The van der Waals surface area contributed by atoms with Gasteiger partial charge in [0, 0.05) is 32.6 Å². The predicted octanol–water partition coefficient (Wildman–Crippen LogP) is 3.48. The molecular formula is C20H32FIN6O. The highest BCUT2D eigenvalue weighted by Gasteiger charge is 2.12. The molecule has 0 radical (unpaired) electrons. The SMILES string of the molecule is CCc1nncn1CCN=C(NC(C)CC)N(C)Cc1ccc(OC)c(F)c1.I. The van der Waals surface area contributed by atoms with Crippen molar-refractivity contribution in [1.29, 1.82) is 0 Å². The molecule has 1 atom stereocenters. The molecule has 0 amide bonds. The largest absolute Gasteiger partial charge is 0.494 e. The van der Waals surface area contributed by atoms with Crippen LogP contribution in [-0.4, -0.2) is 52.4 Å². The Balaban J connectivity index is 0.00000420. The number of halogens is 2. The molecule has 0 fully saturated rings. The smallest absolute Gasteiger partial charge is 0.194 e. The Labute approximate surface area is 189 Å². The maximum Gasteiger partial charge on any atom is 0.194 e. The summed E-state index contributed by atoms with van der Waals surface area (Å²) in [6, 6.07) is 5.30. The number of aliphatic imine (C=N–C) groups is 1. The Bertz CT molecular complexity index is 782. The second-order valence-corrected chi connectivity index (χ2v) is 6.78. The monoisotopic (exact) mass is 518 g/mol. The third-order valence-electron chi connectivity index (χ3n) is 4.60. The number of hydrogen-bond donors (Lipinski definition) is 1. The summed E-state index contributed by atoms with van der Waals surface area (Å²) in [5, 5.41) is 11.5. The molecule has 0 aliphatic carbocycles. The van der Waals surface area contributed by atoms with E-state index in [1.54, 1.807) is 12.4 Å². The van der Waals surface area contributed by atoms with Gasteiger partial charge in [0.1, 0.15) is 12.2 Å². The first-order valence-corrected chi connectivity index (χ1v) is 9.69. The van der Waals surface area contributed by atoms with Crippen LogP contribution in [-0.2, 0) is 19.5 Å². The van der Waals surface area contributed by atoms with Gasteiger partial charge in [0.2, 0.25) is 0 Å². The molecule has 1 aromatic carbocycles. The number of hydrogen-bond acceptors (Lipinski definition) is 4. The Morgan fingerprint density at radius 3 is 2.76 bits per heavy atom. The van der Waals surface area contributed by atoms with Crippen LogP contribution in [0.1, 0.15) is 38.6 Å². The molecule has 0 spiro atoms. The molecule has 1 heterocycles. The van der Waals surface area contributed by atoms with E-state index in [9.17, 15) is 4.39 Å². The number of guanidine groups is 1. The topological polar surface area (TPSA) is 67.6 Å². The van der Waals surface area contributed by atoms with Crippen molar-refractivity contribution in [2.75, 3.05) is 20.7 Å². The van der Waals surface area contributed by atoms with Crippen LogP contribution in [0.3, 0.4) is 0 Å². The molecule has 0 saturated heterocycles. The maximum absolute atomic E-state index is 14.0. The van der Waals surface area contributed by atoms with E-state index < -0.39 is 0 Å². The molecule has 2 aromatic rings. The fourth-order valence-electron chi connectivity index (χ4n) is 2.76. The molecular weight excluding hydrogens is 486 g/mol. The molecule has 1 unspecified atom stereocenters. The fraction of sp³-hybridized carbons (Fsp3) is 0.550. The van der Waals surface area contributed by atoms with Crippen LogP contribution in [0, 0.1) is 5.82 Å². The lowest BCUT2D eigenvalue weighted by molar-refractivity contribution is 0.385. The maximum atomic E-state index is 14.0. The molecule has 2 rings (SSSR count). The molecule has 1 aromatic heterocycles. The van der Waals surface area contributed by atoms with Crippen molar-refractivity contribution in [3.05, 3.63) is 41.7 Å². The highest BCUT2D eigenvalue weighted by molar-refractivity contribution is 14.0. The van der Waals surface area contributed by atoms with Gasteiger partial charge in [-0.25, -0.2) is 4.39 Å². The summed E-state index contributed by atoms with van der Waals surface area (Å²) in [7, 11) is 3.41. The summed E-state index contributed by atoms with van der Waals surface area (Å²) in [6.07, 6.45) is 3.56. The lowest BCUT2D eigenvalue weighted by atomic mass is 10.2. The van der Waals surface area contributed by atoms with Gasteiger partial charge in [0.25, 0.3) is 0 Å². The molecule has 1 N–H and O–H groups in total. The summed E-state index contributed by atoms with van der Waals surface area (Å²) in [5.41, 5.74) is 0.853. The molecule has 0 aliphatic heterocycles. The number of aryl methyl sites for hydroxylation is 1. The van der Waals surface area contributed by atoms with Crippen LogP contribution < -0.4 is 10.1 Å². The average Bonchev–Trinajstić information content (AvgIpc) is 3.14. The number of aromatic nitrogens is 3. The van der Waals surface area contributed by atoms with E-state index >= 15 is 0 Å². The van der Waals surface area contributed by atoms with E-state index in [1.807, 2.05) is 22.6 Å². The first-order valence-electron chi connectivity index (χ1n) is 9.69. The normalized spacial score (nSPS) is 12.3. The summed E-state index contributed by atoms with van der Waals surface area (Å²) in [5.74, 6) is 1.63. The van der Waals surface area contributed by atoms with E-state index in [-0.39, 0.29) is 41.6 Å². The van der Waals surface area contributed by atoms with Gasteiger partial charge >= 0.3 is 0 Å². The van der Waals surface area contributed by atoms with E-state index in [0.717, 1.165) is 30.2 Å². The van der Waals surface area contributed by atoms with Crippen molar-refractivity contribution < 1.29 is 9.13 Å². The van der Waals surface area contributed by atoms with Crippen molar-refractivity contribution in [1.82, 2.24) is 25.0 Å². The van der Waals surface area contributed by atoms with E-state index in [1.165, 1.54) is 13.2 Å².